The van der Waals surface area contributed by atoms with E-state index in [1.54, 1.807) is 18.2 Å². The summed E-state index contributed by atoms with van der Waals surface area (Å²) in [4.78, 5) is 23.8. The average molecular weight is 311 g/mol. The van der Waals surface area contributed by atoms with Gasteiger partial charge in [0.1, 0.15) is 5.75 Å². The van der Waals surface area contributed by atoms with Crippen LogP contribution in [0.3, 0.4) is 0 Å². The van der Waals surface area contributed by atoms with E-state index < -0.39 is 0 Å². The van der Waals surface area contributed by atoms with Crippen molar-refractivity contribution in [1.82, 2.24) is 0 Å². The summed E-state index contributed by atoms with van der Waals surface area (Å²) in [5.74, 6) is 0.391. The molecular weight excluding hydrogens is 290 g/mol. The van der Waals surface area contributed by atoms with Gasteiger partial charge in [-0.3, -0.25) is 9.59 Å². The van der Waals surface area contributed by atoms with Gasteiger partial charge in [0.15, 0.2) is 5.78 Å². The SMILES string of the molecule is CCCOc1ccc(C(C)=O)cc1NC(=O)Cc1ccccc1. The molecule has 0 bridgehead atoms. The number of amides is 1. The monoisotopic (exact) mass is 311 g/mol. The zero-order valence-corrected chi connectivity index (χ0v) is 13.5. The molecule has 0 fully saturated rings. The van der Waals surface area contributed by atoms with Crippen molar-refractivity contribution in [3.63, 3.8) is 0 Å². The van der Waals surface area contributed by atoms with Gasteiger partial charge in [-0.25, -0.2) is 0 Å². The maximum Gasteiger partial charge on any atom is 0.228 e. The Labute approximate surface area is 136 Å². The second-order valence-electron chi connectivity index (χ2n) is 5.33. The van der Waals surface area contributed by atoms with Crippen molar-refractivity contribution in [2.24, 2.45) is 0 Å². The Morgan fingerprint density at radius 2 is 1.83 bits per heavy atom. The molecule has 0 atom stereocenters. The first kappa shape index (κ1) is 16.7. The molecule has 0 aliphatic carbocycles. The Balaban J connectivity index is 2.16. The topological polar surface area (TPSA) is 55.4 Å². The lowest BCUT2D eigenvalue weighted by molar-refractivity contribution is -0.115. The summed E-state index contributed by atoms with van der Waals surface area (Å²) in [6, 6.07) is 14.6. The minimum absolute atomic E-state index is 0.0504. The highest BCUT2D eigenvalue weighted by atomic mass is 16.5. The summed E-state index contributed by atoms with van der Waals surface area (Å²) in [6.45, 7) is 4.07. The Morgan fingerprint density at radius 3 is 2.48 bits per heavy atom. The van der Waals surface area contributed by atoms with Gasteiger partial charge in [-0.1, -0.05) is 37.3 Å². The third-order valence-electron chi connectivity index (χ3n) is 3.33. The molecule has 1 amide bonds. The van der Waals surface area contributed by atoms with Crippen LogP contribution in [0.15, 0.2) is 48.5 Å². The molecule has 23 heavy (non-hydrogen) atoms. The number of nitrogens with one attached hydrogen (secondary N) is 1. The van der Waals surface area contributed by atoms with E-state index in [1.165, 1.54) is 6.92 Å². The van der Waals surface area contributed by atoms with Crippen LogP contribution in [0.1, 0.15) is 36.2 Å². The van der Waals surface area contributed by atoms with Gasteiger partial charge in [-0.15, -0.1) is 0 Å². The number of hydrogen-bond donors (Lipinski definition) is 1. The molecule has 0 aliphatic heterocycles. The average Bonchev–Trinajstić information content (AvgIpc) is 2.54. The number of benzene rings is 2. The van der Waals surface area contributed by atoms with E-state index in [-0.39, 0.29) is 18.1 Å². The van der Waals surface area contributed by atoms with Crippen LogP contribution in [0.5, 0.6) is 5.75 Å². The lowest BCUT2D eigenvalue weighted by Gasteiger charge is -2.13. The van der Waals surface area contributed by atoms with E-state index in [0.717, 1.165) is 12.0 Å². The molecule has 2 aromatic carbocycles. The predicted molar refractivity (Wildman–Crippen MR) is 91.0 cm³/mol. The maximum absolute atomic E-state index is 12.2. The summed E-state index contributed by atoms with van der Waals surface area (Å²) < 4.78 is 5.65. The second kappa shape index (κ2) is 8.13. The van der Waals surface area contributed by atoms with Crippen molar-refractivity contribution in [1.29, 1.82) is 0 Å². The number of carbonyl (C=O) groups is 2. The van der Waals surface area contributed by atoms with Gasteiger partial charge in [-0.2, -0.15) is 0 Å². The Morgan fingerprint density at radius 1 is 1.09 bits per heavy atom. The molecule has 4 nitrogen and oxygen atoms in total. The highest BCUT2D eigenvalue weighted by Gasteiger charge is 2.11. The summed E-state index contributed by atoms with van der Waals surface area (Å²) in [7, 11) is 0. The smallest absolute Gasteiger partial charge is 0.228 e. The highest BCUT2D eigenvalue weighted by Crippen LogP contribution is 2.26. The number of carbonyl (C=O) groups excluding carboxylic acids is 2. The van der Waals surface area contributed by atoms with Crippen LogP contribution >= 0.6 is 0 Å². The number of hydrogen-bond acceptors (Lipinski definition) is 3. The fraction of sp³-hybridized carbons (Fsp3) is 0.263. The van der Waals surface area contributed by atoms with Crippen molar-refractivity contribution in [3.8, 4) is 5.75 Å². The fourth-order valence-corrected chi connectivity index (χ4v) is 2.16. The van der Waals surface area contributed by atoms with Crippen LogP contribution in [0.2, 0.25) is 0 Å². The van der Waals surface area contributed by atoms with Gasteiger partial charge in [0, 0.05) is 5.56 Å². The summed E-state index contributed by atoms with van der Waals surface area (Å²) >= 11 is 0. The van der Waals surface area contributed by atoms with Crippen LogP contribution in [0, 0.1) is 0 Å². The molecule has 0 saturated heterocycles. The third kappa shape index (κ3) is 4.95. The van der Waals surface area contributed by atoms with Crippen LogP contribution < -0.4 is 10.1 Å². The number of rotatable bonds is 7. The van der Waals surface area contributed by atoms with Gasteiger partial charge in [0.2, 0.25) is 5.91 Å². The molecule has 0 aliphatic rings. The number of Topliss-reactive ketones (excluding diaryl/α,β-unsaturated/α-hetero) is 1. The molecule has 0 saturated carbocycles. The van der Waals surface area contributed by atoms with Gasteiger partial charge < -0.3 is 10.1 Å². The number of ether oxygens (including phenoxy) is 1. The minimum Gasteiger partial charge on any atom is -0.491 e. The third-order valence-corrected chi connectivity index (χ3v) is 3.33. The summed E-state index contributed by atoms with van der Waals surface area (Å²) in [6.07, 6.45) is 1.14. The van der Waals surface area contributed by atoms with E-state index in [1.807, 2.05) is 37.3 Å². The van der Waals surface area contributed by atoms with E-state index in [4.69, 9.17) is 4.74 Å². The van der Waals surface area contributed by atoms with Crippen LogP contribution in [-0.2, 0) is 11.2 Å². The lowest BCUT2D eigenvalue weighted by Crippen LogP contribution is -2.15. The predicted octanol–water partition coefficient (Wildman–Crippen LogP) is 3.86. The van der Waals surface area contributed by atoms with Crippen LogP contribution in [0.4, 0.5) is 5.69 Å². The molecule has 0 unspecified atom stereocenters. The van der Waals surface area contributed by atoms with Gasteiger partial charge >= 0.3 is 0 Å². The molecule has 120 valence electrons. The Bertz CT molecular complexity index is 680. The molecule has 0 heterocycles. The Kier molecular flexibility index (Phi) is 5.92. The minimum atomic E-state index is -0.141. The normalized spacial score (nSPS) is 10.2. The van der Waals surface area contributed by atoms with Crippen molar-refractivity contribution in [2.45, 2.75) is 26.7 Å². The molecule has 2 aromatic rings. The number of anilines is 1. The largest absolute Gasteiger partial charge is 0.491 e. The van der Waals surface area contributed by atoms with Crippen molar-refractivity contribution in [3.05, 3.63) is 59.7 Å². The van der Waals surface area contributed by atoms with Crippen molar-refractivity contribution in [2.75, 3.05) is 11.9 Å². The van der Waals surface area contributed by atoms with E-state index in [0.29, 0.717) is 23.6 Å². The van der Waals surface area contributed by atoms with Crippen molar-refractivity contribution < 1.29 is 14.3 Å². The molecule has 4 heteroatoms. The maximum atomic E-state index is 12.2. The van der Waals surface area contributed by atoms with Gasteiger partial charge in [0.05, 0.1) is 18.7 Å². The molecule has 2 rings (SSSR count). The summed E-state index contributed by atoms with van der Waals surface area (Å²) in [5.41, 5.74) is 2.01. The molecule has 0 aromatic heterocycles. The van der Waals surface area contributed by atoms with Crippen LogP contribution in [0.25, 0.3) is 0 Å². The zero-order chi connectivity index (χ0) is 16.7. The first-order valence-electron chi connectivity index (χ1n) is 7.71. The van der Waals surface area contributed by atoms with E-state index in [9.17, 15) is 9.59 Å². The second-order valence-corrected chi connectivity index (χ2v) is 5.33. The fourth-order valence-electron chi connectivity index (χ4n) is 2.16. The molecular formula is C19H21NO3. The Hall–Kier alpha value is -2.62. The summed E-state index contributed by atoms with van der Waals surface area (Å²) in [5, 5.41) is 2.85. The van der Waals surface area contributed by atoms with Gasteiger partial charge in [0.25, 0.3) is 0 Å². The van der Waals surface area contributed by atoms with Crippen molar-refractivity contribution >= 4 is 17.4 Å². The molecule has 0 spiro atoms. The lowest BCUT2D eigenvalue weighted by atomic mass is 10.1. The van der Waals surface area contributed by atoms with E-state index >= 15 is 0 Å². The first-order valence-corrected chi connectivity index (χ1v) is 7.71. The molecule has 0 radical (unpaired) electrons. The first-order chi connectivity index (χ1) is 11.1. The molecule has 1 N–H and O–H groups in total. The highest BCUT2D eigenvalue weighted by molar-refractivity contribution is 5.98. The number of ketones is 1. The van der Waals surface area contributed by atoms with Crippen LogP contribution in [-0.4, -0.2) is 18.3 Å². The van der Waals surface area contributed by atoms with E-state index in [2.05, 4.69) is 5.32 Å². The van der Waals surface area contributed by atoms with Gasteiger partial charge in [-0.05, 0) is 37.1 Å². The standard InChI is InChI=1S/C19H21NO3/c1-3-11-23-18-10-9-16(14(2)21)13-17(18)20-19(22)12-15-7-5-4-6-8-15/h4-10,13H,3,11-12H2,1-2H3,(H,20,22). The zero-order valence-electron chi connectivity index (χ0n) is 13.5. The quantitative estimate of drug-likeness (QED) is 0.790.